The van der Waals surface area contributed by atoms with E-state index in [1.807, 2.05) is 42.5 Å². The Morgan fingerprint density at radius 2 is 1.54 bits per heavy atom. The number of aromatic nitrogens is 2. The number of fused-ring (bicyclic) bond motifs is 7. The molecule has 1 radical (unpaired) electrons. The summed E-state index contributed by atoms with van der Waals surface area (Å²) >= 11 is 0. The quantitative estimate of drug-likeness (QED) is 0.100. The van der Waals surface area contributed by atoms with Gasteiger partial charge >= 0.3 is 6.18 Å². The van der Waals surface area contributed by atoms with Gasteiger partial charge in [0.1, 0.15) is 5.58 Å². The zero-order chi connectivity index (χ0) is 41.7. The topological polar surface area (TPSA) is 62.7 Å². The number of furan rings is 1. The first-order chi connectivity index (χ1) is 28.1. The van der Waals surface area contributed by atoms with E-state index >= 15 is 0 Å². The molecule has 0 aliphatic heterocycles. The van der Waals surface area contributed by atoms with Crippen LogP contribution in [0.25, 0.3) is 77.1 Å². The first-order valence-electron chi connectivity index (χ1n) is 19.0. The van der Waals surface area contributed by atoms with Crippen molar-refractivity contribution in [1.29, 1.82) is 5.26 Å². The third kappa shape index (κ3) is 7.31. The largest absolute Gasteiger partial charge is 0.500 e. The van der Waals surface area contributed by atoms with Gasteiger partial charge in [-0.15, -0.1) is 48.0 Å². The Balaban J connectivity index is 0.000000255. The summed E-state index contributed by atoms with van der Waals surface area (Å²) in [6, 6.07) is 43.0. The third-order valence-electron chi connectivity index (χ3n) is 9.98. The van der Waals surface area contributed by atoms with Crippen LogP contribution in [0.3, 0.4) is 0 Å². The Kier molecular flexibility index (Phi) is 9.51. The fraction of sp³-hybridized carbons (Fsp3) is 0.104. The number of halogens is 4. The molecule has 0 N–H and O–H groups in total. The van der Waals surface area contributed by atoms with Crippen LogP contribution in [-0.4, -0.2) is 16.1 Å². The Morgan fingerprint density at radius 1 is 0.772 bits per heavy atom. The molecule has 4 nitrogen and oxygen atoms in total. The molecule has 57 heavy (non-hydrogen) atoms. The minimum atomic E-state index is -4.42. The van der Waals surface area contributed by atoms with Crippen molar-refractivity contribution < 1.29 is 46.2 Å². The van der Waals surface area contributed by atoms with Gasteiger partial charge in [0.15, 0.2) is 0 Å². The molecule has 9 aromatic rings. The molecule has 0 aliphatic rings. The SMILES string of the molecule is CC(C)(c1ccccc1-c1ccnc(-c2[c-]ccc3c2oc2c3ccc3ccc4cc(C#N)ccc4c32)c1)C(F)(F)F.[2H]C([2H])([2H])c1ccc(-c2[c-]cc(F)cc2)nc1.[Ir]. The predicted molar refractivity (Wildman–Crippen MR) is 213 cm³/mol. The van der Waals surface area contributed by atoms with Gasteiger partial charge in [-0.25, -0.2) is 0 Å². The van der Waals surface area contributed by atoms with E-state index in [1.54, 1.807) is 54.7 Å². The van der Waals surface area contributed by atoms with E-state index in [-0.39, 0.29) is 37.0 Å². The van der Waals surface area contributed by atoms with E-state index in [0.29, 0.717) is 50.4 Å². The molecule has 0 atom stereocenters. The average Bonchev–Trinajstić information content (AvgIpc) is 3.62. The molecule has 9 heteroatoms. The number of nitrogens with zero attached hydrogens (tertiary/aromatic N) is 3. The van der Waals surface area contributed by atoms with E-state index in [9.17, 15) is 22.8 Å². The van der Waals surface area contributed by atoms with Crippen molar-refractivity contribution in [2.75, 3.05) is 0 Å². The maximum atomic E-state index is 14.0. The predicted octanol–water partition coefficient (Wildman–Crippen LogP) is 13.1. The molecule has 0 bridgehead atoms. The van der Waals surface area contributed by atoms with Crippen molar-refractivity contribution in [1.82, 2.24) is 9.97 Å². The maximum absolute atomic E-state index is 14.0. The molecule has 283 valence electrons. The Labute approximate surface area is 344 Å². The van der Waals surface area contributed by atoms with Crippen LogP contribution in [0.1, 0.15) is 34.7 Å². The number of rotatable bonds is 4. The maximum Gasteiger partial charge on any atom is 0.397 e. The minimum absolute atomic E-state index is 0. The average molecular weight is 937 g/mol. The molecule has 0 saturated carbocycles. The van der Waals surface area contributed by atoms with E-state index in [1.165, 1.54) is 44.3 Å². The van der Waals surface area contributed by atoms with E-state index < -0.39 is 18.4 Å². The molecule has 0 fully saturated rings. The van der Waals surface area contributed by atoms with E-state index in [0.717, 1.165) is 32.3 Å². The fourth-order valence-electron chi connectivity index (χ4n) is 6.89. The summed E-state index contributed by atoms with van der Waals surface area (Å²) in [7, 11) is 0. The van der Waals surface area contributed by atoms with Crippen LogP contribution in [0.5, 0.6) is 0 Å². The zero-order valence-electron chi connectivity index (χ0n) is 33.3. The summed E-state index contributed by atoms with van der Waals surface area (Å²) in [5, 5.41) is 15.1. The second-order valence-electron chi connectivity index (χ2n) is 13.8. The Bertz CT molecular complexity index is 3080. The van der Waals surface area contributed by atoms with Gasteiger partial charge in [-0.1, -0.05) is 83.7 Å². The monoisotopic (exact) mass is 937 g/mol. The smallest absolute Gasteiger partial charge is 0.397 e. The molecular formula is C48H31F4IrN3O-2. The van der Waals surface area contributed by atoms with Gasteiger partial charge in [-0.2, -0.15) is 18.4 Å². The summed E-state index contributed by atoms with van der Waals surface area (Å²) in [5.74, 6) is -0.368. The fourth-order valence-corrected chi connectivity index (χ4v) is 6.89. The molecule has 0 unspecified atom stereocenters. The van der Waals surface area contributed by atoms with Gasteiger partial charge in [-0.3, -0.25) is 4.39 Å². The molecule has 6 aromatic carbocycles. The number of aryl methyl sites for hydroxylation is 1. The number of alkyl halides is 3. The number of benzene rings is 6. The van der Waals surface area contributed by atoms with Crippen molar-refractivity contribution in [2.45, 2.75) is 32.3 Å². The van der Waals surface area contributed by atoms with Crippen LogP contribution in [-0.2, 0) is 25.5 Å². The van der Waals surface area contributed by atoms with Crippen LogP contribution < -0.4 is 0 Å². The van der Waals surface area contributed by atoms with Crippen LogP contribution in [0.4, 0.5) is 17.6 Å². The van der Waals surface area contributed by atoms with Crippen molar-refractivity contribution in [3.8, 4) is 39.7 Å². The Morgan fingerprint density at radius 3 is 2.28 bits per heavy atom. The molecule has 9 rings (SSSR count). The summed E-state index contributed by atoms with van der Waals surface area (Å²) < 4.78 is 83.0. The van der Waals surface area contributed by atoms with Gasteiger partial charge < -0.3 is 14.4 Å². The molecule has 3 aromatic heterocycles. The van der Waals surface area contributed by atoms with Crippen LogP contribution in [0.2, 0.25) is 0 Å². The van der Waals surface area contributed by atoms with Crippen LogP contribution in [0.15, 0.2) is 138 Å². The van der Waals surface area contributed by atoms with Gasteiger partial charge in [0.2, 0.25) is 0 Å². The first-order valence-corrected chi connectivity index (χ1v) is 17.5. The molecule has 0 amide bonds. The normalized spacial score (nSPS) is 12.6. The molecule has 0 saturated heterocycles. The Hall–Kier alpha value is -6.20. The van der Waals surface area contributed by atoms with Crippen LogP contribution in [0, 0.1) is 36.1 Å². The van der Waals surface area contributed by atoms with Crippen molar-refractivity contribution in [3.05, 3.63) is 168 Å². The standard InChI is InChI=1S/C36H22F3N2O.C12H9FN.Ir/c1-35(2,36(37,38)39)30-9-4-3-6-25(30)24-16-17-41-31(19-24)29-8-5-7-27-28-15-13-22-11-12-23-18-21(20-40)10-14-26(23)32(22)34(28)42-33(27)29;1-9-2-7-12(14-8-9)10-3-5-11(13)6-4-10;/h3-7,9-19H,1-2H3;2-3,5-8H,1H3;/q2*-1;/i;1D3;. The van der Waals surface area contributed by atoms with Gasteiger partial charge in [0, 0.05) is 53.2 Å². The zero-order valence-corrected chi connectivity index (χ0v) is 32.7. The first kappa shape index (κ1) is 35.2. The summed E-state index contributed by atoms with van der Waals surface area (Å²) in [6.07, 6.45) is -1.51. The van der Waals surface area contributed by atoms with Crippen molar-refractivity contribution in [3.63, 3.8) is 0 Å². The number of hydrogen-bond acceptors (Lipinski definition) is 4. The van der Waals surface area contributed by atoms with Crippen molar-refractivity contribution in [2.24, 2.45) is 0 Å². The second-order valence-corrected chi connectivity index (χ2v) is 13.8. The van der Waals surface area contributed by atoms with Crippen LogP contribution >= 0.6 is 0 Å². The molecule has 3 heterocycles. The molecule has 0 spiro atoms. The van der Waals surface area contributed by atoms with E-state index in [2.05, 4.69) is 34.2 Å². The second kappa shape index (κ2) is 15.4. The minimum Gasteiger partial charge on any atom is -0.500 e. The van der Waals surface area contributed by atoms with Crippen molar-refractivity contribution >= 4 is 43.5 Å². The van der Waals surface area contributed by atoms with Gasteiger partial charge in [0.25, 0.3) is 0 Å². The summed E-state index contributed by atoms with van der Waals surface area (Å²) in [6.45, 7) is 0.246. The van der Waals surface area contributed by atoms with Gasteiger partial charge in [0.05, 0.1) is 22.6 Å². The number of nitriles is 1. The number of hydrogen-bond donors (Lipinski definition) is 0. The molecular weight excluding hydrogens is 903 g/mol. The van der Waals surface area contributed by atoms with Gasteiger partial charge in [-0.05, 0) is 88.7 Å². The van der Waals surface area contributed by atoms with E-state index in [4.69, 9.17) is 8.53 Å². The summed E-state index contributed by atoms with van der Waals surface area (Å²) in [5.41, 5.74) is 3.71. The molecule has 0 aliphatic carbocycles. The number of pyridine rings is 2. The summed E-state index contributed by atoms with van der Waals surface area (Å²) in [4.78, 5) is 8.61. The third-order valence-corrected chi connectivity index (χ3v) is 9.98.